The lowest BCUT2D eigenvalue weighted by atomic mass is 10.1. The molecular weight excluding hydrogens is 440 g/mol. The monoisotopic (exact) mass is 450 g/mol. The van der Waals surface area contributed by atoms with Crippen LogP contribution in [0.15, 0.2) is 60.0 Å². The third-order valence-electron chi connectivity index (χ3n) is 3.77. The van der Waals surface area contributed by atoms with Gasteiger partial charge in [-0.15, -0.1) is 11.8 Å². The van der Waals surface area contributed by atoms with Crippen LogP contribution in [0.4, 0.5) is 13.2 Å². The predicted octanol–water partition coefficient (Wildman–Crippen LogP) is 7.40. The van der Waals surface area contributed by atoms with Crippen LogP contribution in [0.3, 0.4) is 0 Å². The first-order valence-electron chi connectivity index (χ1n) is 7.68. The largest absolute Gasteiger partial charge is 0.417 e. The summed E-state index contributed by atoms with van der Waals surface area (Å²) in [5.41, 5.74) is -0.0173. The number of hydrogen-bond acceptors (Lipinski definition) is 2. The molecule has 0 saturated heterocycles. The van der Waals surface area contributed by atoms with E-state index in [2.05, 4.69) is 4.98 Å². The van der Waals surface area contributed by atoms with E-state index in [1.54, 1.807) is 36.9 Å². The third-order valence-corrected chi connectivity index (χ3v) is 6.07. The summed E-state index contributed by atoms with van der Waals surface area (Å²) in [6.07, 6.45) is 0.555. The second-order valence-electron chi connectivity index (χ2n) is 5.68. The highest BCUT2D eigenvalue weighted by molar-refractivity contribution is 7.99. The van der Waals surface area contributed by atoms with E-state index in [0.29, 0.717) is 21.5 Å². The zero-order valence-electron chi connectivity index (χ0n) is 13.6. The molecule has 0 saturated carbocycles. The van der Waals surface area contributed by atoms with Crippen molar-refractivity contribution in [2.75, 3.05) is 0 Å². The molecule has 0 radical (unpaired) electrons. The second kappa shape index (κ2) is 8.35. The van der Waals surface area contributed by atoms with E-state index < -0.39 is 11.7 Å². The van der Waals surface area contributed by atoms with E-state index in [0.717, 1.165) is 11.6 Å². The van der Waals surface area contributed by atoms with Crippen molar-refractivity contribution in [1.29, 1.82) is 0 Å². The fourth-order valence-electron chi connectivity index (χ4n) is 2.47. The number of imidazole rings is 1. The number of nitrogens with zero attached hydrogens (tertiary/aromatic N) is 2. The van der Waals surface area contributed by atoms with Crippen LogP contribution >= 0.6 is 46.6 Å². The van der Waals surface area contributed by atoms with Crippen LogP contribution in [-0.2, 0) is 12.7 Å². The Morgan fingerprint density at radius 3 is 2.37 bits per heavy atom. The quantitative estimate of drug-likeness (QED) is 0.376. The molecule has 1 aromatic heterocycles. The summed E-state index contributed by atoms with van der Waals surface area (Å²) in [7, 11) is 0. The first-order chi connectivity index (χ1) is 12.7. The lowest BCUT2D eigenvalue weighted by Gasteiger charge is -2.19. The van der Waals surface area contributed by atoms with Crippen LogP contribution in [0.5, 0.6) is 0 Å². The summed E-state index contributed by atoms with van der Waals surface area (Å²) in [6, 6.07) is 9.09. The fraction of sp³-hybridized carbons (Fsp3) is 0.167. The van der Waals surface area contributed by atoms with Gasteiger partial charge in [-0.2, -0.15) is 13.2 Å². The van der Waals surface area contributed by atoms with Crippen LogP contribution in [-0.4, -0.2) is 9.55 Å². The smallest absolute Gasteiger partial charge is 0.336 e. The number of rotatable bonds is 5. The van der Waals surface area contributed by atoms with Crippen molar-refractivity contribution in [3.8, 4) is 0 Å². The van der Waals surface area contributed by atoms with Gasteiger partial charge in [0.15, 0.2) is 0 Å². The first kappa shape index (κ1) is 20.4. The number of aromatic nitrogens is 2. The van der Waals surface area contributed by atoms with Gasteiger partial charge >= 0.3 is 6.18 Å². The van der Waals surface area contributed by atoms with Crippen LogP contribution in [0, 0.1) is 0 Å². The van der Waals surface area contributed by atoms with E-state index >= 15 is 0 Å². The van der Waals surface area contributed by atoms with Crippen molar-refractivity contribution in [3.05, 3.63) is 81.3 Å². The average molecular weight is 452 g/mol. The molecule has 0 amide bonds. The molecule has 0 fully saturated rings. The van der Waals surface area contributed by atoms with Crippen LogP contribution in [0.25, 0.3) is 0 Å². The van der Waals surface area contributed by atoms with E-state index in [1.165, 1.54) is 17.8 Å². The Kier molecular flexibility index (Phi) is 6.31. The lowest BCUT2D eigenvalue weighted by molar-refractivity contribution is -0.137. The molecule has 0 bridgehead atoms. The lowest BCUT2D eigenvalue weighted by Crippen LogP contribution is -2.07. The molecule has 9 heteroatoms. The topological polar surface area (TPSA) is 17.8 Å². The Morgan fingerprint density at radius 2 is 1.74 bits per heavy atom. The molecule has 0 aliphatic rings. The Balaban J connectivity index is 1.95. The minimum Gasteiger partial charge on any atom is -0.336 e. The highest BCUT2D eigenvalue weighted by Gasteiger charge is 2.33. The number of hydrogen-bond donors (Lipinski definition) is 0. The molecule has 0 aliphatic heterocycles. The van der Waals surface area contributed by atoms with Gasteiger partial charge in [0.05, 0.1) is 32.2 Å². The Hall–Kier alpha value is -1.34. The summed E-state index contributed by atoms with van der Waals surface area (Å²) < 4.78 is 41.3. The zero-order chi connectivity index (χ0) is 19.6. The molecule has 2 aromatic carbocycles. The van der Waals surface area contributed by atoms with Gasteiger partial charge in [0.25, 0.3) is 0 Å². The van der Waals surface area contributed by atoms with Gasteiger partial charge in [0.1, 0.15) is 0 Å². The molecule has 1 heterocycles. The summed E-state index contributed by atoms with van der Waals surface area (Å²) in [6.45, 7) is 0.493. The summed E-state index contributed by atoms with van der Waals surface area (Å²) in [5, 5.41) is 0.263. The van der Waals surface area contributed by atoms with E-state index in [1.807, 2.05) is 10.6 Å². The Morgan fingerprint density at radius 1 is 1.00 bits per heavy atom. The number of halogens is 6. The highest BCUT2D eigenvalue weighted by atomic mass is 35.5. The van der Waals surface area contributed by atoms with Gasteiger partial charge in [0, 0.05) is 23.8 Å². The minimum absolute atomic E-state index is 0.212. The van der Waals surface area contributed by atoms with Crippen molar-refractivity contribution in [2.24, 2.45) is 0 Å². The van der Waals surface area contributed by atoms with Crippen molar-refractivity contribution < 1.29 is 13.2 Å². The van der Waals surface area contributed by atoms with E-state index in [4.69, 9.17) is 34.8 Å². The molecule has 0 N–H and O–H groups in total. The fourth-order valence-corrected chi connectivity index (χ4v) is 4.19. The second-order valence-corrected chi connectivity index (χ2v) is 8.18. The average Bonchev–Trinajstić information content (AvgIpc) is 3.10. The summed E-state index contributed by atoms with van der Waals surface area (Å²) in [5.74, 6) is 0. The van der Waals surface area contributed by atoms with Crippen molar-refractivity contribution in [1.82, 2.24) is 9.55 Å². The molecule has 3 rings (SSSR count). The van der Waals surface area contributed by atoms with Gasteiger partial charge < -0.3 is 4.57 Å². The van der Waals surface area contributed by atoms with Crippen LogP contribution in [0.1, 0.15) is 16.4 Å². The highest BCUT2D eigenvalue weighted by Crippen LogP contribution is 2.42. The number of alkyl halides is 3. The Labute approximate surface area is 173 Å². The standard InChI is InChI=1S/C18H12Cl3F3N2S/c19-14-4-2-12(8-13(14)18(22,23)24)27-17(9-26-6-5-25-10-26)11-1-3-15(20)16(21)7-11/h1-8,10,17H,9H2. The third kappa shape index (κ3) is 5.13. The van der Waals surface area contributed by atoms with E-state index in [9.17, 15) is 13.2 Å². The molecule has 1 unspecified atom stereocenters. The summed E-state index contributed by atoms with van der Waals surface area (Å²) >= 11 is 19.1. The SMILES string of the molecule is FC(F)(F)c1cc(SC(Cn2ccnc2)c2ccc(Cl)c(Cl)c2)ccc1Cl. The normalized spacial score (nSPS) is 13.0. The zero-order valence-corrected chi connectivity index (χ0v) is 16.6. The molecule has 0 spiro atoms. The molecule has 1 atom stereocenters. The van der Waals surface area contributed by atoms with Crippen molar-refractivity contribution >= 4 is 46.6 Å². The maximum absolute atomic E-state index is 13.2. The van der Waals surface area contributed by atoms with Gasteiger partial charge in [-0.3, -0.25) is 0 Å². The number of thioether (sulfide) groups is 1. The maximum atomic E-state index is 13.2. The molecular formula is C18H12Cl3F3N2S. The Bertz CT molecular complexity index is 930. The molecule has 2 nitrogen and oxygen atoms in total. The predicted molar refractivity (Wildman–Crippen MR) is 104 cm³/mol. The molecule has 0 aliphatic carbocycles. The van der Waals surface area contributed by atoms with Crippen molar-refractivity contribution in [3.63, 3.8) is 0 Å². The van der Waals surface area contributed by atoms with Gasteiger partial charge in [-0.1, -0.05) is 40.9 Å². The molecule has 142 valence electrons. The molecule has 27 heavy (non-hydrogen) atoms. The minimum atomic E-state index is -4.52. The van der Waals surface area contributed by atoms with Crippen LogP contribution < -0.4 is 0 Å². The molecule has 3 aromatic rings. The first-order valence-corrected chi connectivity index (χ1v) is 9.69. The van der Waals surface area contributed by atoms with Gasteiger partial charge in [0.2, 0.25) is 0 Å². The van der Waals surface area contributed by atoms with Gasteiger partial charge in [-0.25, -0.2) is 4.98 Å². The maximum Gasteiger partial charge on any atom is 0.417 e. The van der Waals surface area contributed by atoms with Gasteiger partial charge in [-0.05, 0) is 35.9 Å². The van der Waals surface area contributed by atoms with E-state index in [-0.39, 0.29) is 10.3 Å². The summed E-state index contributed by atoms with van der Waals surface area (Å²) in [4.78, 5) is 4.45. The van der Waals surface area contributed by atoms with Crippen LogP contribution in [0.2, 0.25) is 15.1 Å². The number of benzene rings is 2. The van der Waals surface area contributed by atoms with Crippen molar-refractivity contribution in [2.45, 2.75) is 22.9 Å².